The summed E-state index contributed by atoms with van der Waals surface area (Å²) < 4.78 is 79.9. The lowest BCUT2D eigenvalue weighted by Crippen LogP contribution is -2.34. The number of fused-ring (bicyclic) bond motifs is 1. The van der Waals surface area contributed by atoms with Gasteiger partial charge in [0.05, 0.1) is 23.4 Å². The van der Waals surface area contributed by atoms with Gasteiger partial charge in [-0.05, 0) is 48.1 Å². The van der Waals surface area contributed by atoms with Crippen molar-refractivity contribution < 1.29 is 30.8 Å². The maximum absolute atomic E-state index is 14.0. The number of benzene rings is 1. The van der Waals surface area contributed by atoms with E-state index in [0.29, 0.717) is 10.9 Å². The van der Waals surface area contributed by atoms with E-state index in [9.17, 15) is 30.8 Å². The molecule has 2 aromatic heterocycles. The summed E-state index contributed by atoms with van der Waals surface area (Å²) >= 11 is 0. The fourth-order valence-corrected chi connectivity index (χ4v) is 4.92. The minimum absolute atomic E-state index is 0.142. The number of sulfone groups is 1. The fraction of sp³-hybridized carbons (Fsp3) is 0.391. The molecule has 1 amide bonds. The number of rotatable bonds is 8. The lowest BCUT2D eigenvalue weighted by atomic mass is 9.74. The zero-order valence-electron chi connectivity index (χ0n) is 18.8. The second kappa shape index (κ2) is 9.01. The Morgan fingerprint density at radius 1 is 1.18 bits per heavy atom. The van der Waals surface area contributed by atoms with E-state index in [1.165, 1.54) is 31.3 Å². The average Bonchev–Trinajstić information content (AvgIpc) is 3.13. The van der Waals surface area contributed by atoms with Crippen molar-refractivity contribution >= 4 is 26.6 Å². The van der Waals surface area contributed by atoms with Crippen LogP contribution in [0.4, 0.5) is 17.6 Å². The van der Waals surface area contributed by atoms with E-state index in [4.69, 9.17) is 5.73 Å². The zero-order valence-corrected chi connectivity index (χ0v) is 19.6. The predicted octanol–water partition coefficient (Wildman–Crippen LogP) is 4.68. The van der Waals surface area contributed by atoms with Crippen molar-refractivity contribution in [2.45, 2.75) is 50.2 Å². The third kappa shape index (κ3) is 5.40. The van der Waals surface area contributed by atoms with E-state index < -0.39 is 51.9 Å². The summed E-state index contributed by atoms with van der Waals surface area (Å²) in [7, 11) is -3.57. The number of hydrogen-bond acceptors (Lipinski definition) is 4. The summed E-state index contributed by atoms with van der Waals surface area (Å²) in [6, 6.07) is 6.10. The topological polar surface area (TPSA) is 106 Å². The van der Waals surface area contributed by atoms with Gasteiger partial charge in [0.2, 0.25) is 5.91 Å². The van der Waals surface area contributed by atoms with Crippen LogP contribution >= 0.6 is 0 Å². The molecular weight excluding hydrogens is 474 g/mol. The van der Waals surface area contributed by atoms with Gasteiger partial charge in [0.1, 0.15) is 5.82 Å². The molecule has 0 saturated carbocycles. The molecule has 0 spiro atoms. The largest absolute Gasteiger partial charge is 0.392 e. The van der Waals surface area contributed by atoms with Crippen molar-refractivity contribution in [3.63, 3.8) is 0 Å². The smallest absolute Gasteiger partial charge is 0.366 e. The number of aromatic nitrogens is 2. The summed E-state index contributed by atoms with van der Waals surface area (Å²) in [5.41, 5.74) is 4.92. The van der Waals surface area contributed by atoms with Crippen LogP contribution in [0, 0.1) is 11.7 Å². The first kappa shape index (κ1) is 25.7. The zero-order chi connectivity index (χ0) is 25.5. The van der Waals surface area contributed by atoms with Gasteiger partial charge in [0.25, 0.3) is 0 Å². The molecule has 0 fully saturated rings. The molecule has 0 unspecified atom stereocenters. The van der Waals surface area contributed by atoms with E-state index in [0.717, 1.165) is 12.1 Å². The minimum Gasteiger partial charge on any atom is -0.366 e. The van der Waals surface area contributed by atoms with Crippen LogP contribution in [0.1, 0.15) is 48.8 Å². The first-order valence-electron chi connectivity index (χ1n) is 10.5. The summed E-state index contributed by atoms with van der Waals surface area (Å²) in [6.07, 6.45) is -4.10. The number of H-pyrrole nitrogens is 1. The minimum atomic E-state index is -4.57. The van der Waals surface area contributed by atoms with Gasteiger partial charge in [-0.2, -0.15) is 13.2 Å². The van der Waals surface area contributed by atoms with Crippen LogP contribution in [-0.2, 0) is 21.7 Å². The highest BCUT2D eigenvalue weighted by atomic mass is 32.2. The van der Waals surface area contributed by atoms with Gasteiger partial charge in [-0.1, -0.05) is 26.8 Å². The fourth-order valence-electron chi connectivity index (χ4n) is 4.10. The highest BCUT2D eigenvalue weighted by Crippen LogP contribution is 2.41. The van der Waals surface area contributed by atoms with E-state index in [1.807, 2.05) is 0 Å². The van der Waals surface area contributed by atoms with Crippen LogP contribution < -0.4 is 5.73 Å². The normalized spacial score (nSPS) is 13.9. The maximum Gasteiger partial charge on any atom is 0.392 e. The summed E-state index contributed by atoms with van der Waals surface area (Å²) in [6.45, 7) is 4.56. The molecule has 34 heavy (non-hydrogen) atoms. The van der Waals surface area contributed by atoms with Gasteiger partial charge >= 0.3 is 6.18 Å². The SMILES string of the molecule is CCS(=O)(=O)c1cc2cc(C[C@@H](CC(C)(C)c3ccc(F)cc3C(N)=O)C(F)(F)F)[nH]c2cn1. The molecule has 0 aliphatic heterocycles. The van der Waals surface area contributed by atoms with Gasteiger partial charge in [-0.3, -0.25) is 4.79 Å². The number of nitrogens with zero attached hydrogens (tertiary/aromatic N) is 1. The summed E-state index contributed by atoms with van der Waals surface area (Å²) in [4.78, 5) is 18.6. The van der Waals surface area contributed by atoms with Crippen LogP contribution in [0.15, 0.2) is 41.6 Å². The van der Waals surface area contributed by atoms with Crippen molar-refractivity contribution in [2.24, 2.45) is 11.7 Å². The number of alkyl halides is 3. The molecule has 0 aliphatic rings. The quantitative estimate of drug-likeness (QED) is 0.439. The van der Waals surface area contributed by atoms with Gasteiger partial charge in [-0.15, -0.1) is 0 Å². The Bertz CT molecular complexity index is 1330. The molecule has 2 heterocycles. The van der Waals surface area contributed by atoms with Crippen molar-refractivity contribution in [2.75, 3.05) is 5.75 Å². The van der Waals surface area contributed by atoms with E-state index in [1.54, 1.807) is 13.8 Å². The lowest BCUT2D eigenvalue weighted by molar-refractivity contribution is -0.179. The Labute approximate surface area is 194 Å². The molecular formula is C23H25F4N3O3S. The number of amides is 1. The highest BCUT2D eigenvalue weighted by molar-refractivity contribution is 7.91. The van der Waals surface area contributed by atoms with Gasteiger partial charge in [0, 0.05) is 16.6 Å². The van der Waals surface area contributed by atoms with Gasteiger partial charge < -0.3 is 10.7 Å². The number of halogens is 4. The van der Waals surface area contributed by atoms with Crippen LogP contribution in [-0.4, -0.2) is 36.2 Å². The number of carbonyl (C=O) groups excluding carboxylic acids is 1. The molecule has 3 N–H and O–H groups in total. The third-order valence-corrected chi connectivity index (χ3v) is 7.52. The molecule has 0 bridgehead atoms. The molecule has 1 atom stereocenters. The molecule has 1 aromatic carbocycles. The first-order valence-corrected chi connectivity index (χ1v) is 12.2. The molecule has 0 aliphatic carbocycles. The first-order chi connectivity index (χ1) is 15.6. The monoisotopic (exact) mass is 499 g/mol. The van der Waals surface area contributed by atoms with Crippen LogP contribution in [0.5, 0.6) is 0 Å². The van der Waals surface area contributed by atoms with E-state index in [-0.39, 0.29) is 27.6 Å². The van der Waals surface area contributed by atoms with Crippen molar-refractivity contribution in [1.82, 2.24) is 9.97 Å². The molecule has 3 aromatic rings. The van der Waals surface area contributed by atoms with Crippen LogP contribution in [0.3, 0.4) is 0 Å². The number of pyridine rings is 1. The van der Waals surface area contributed by atoms with Gasteiger partial charge in [0.15, 0.2) is 14.9 Å². The summed E-state index contributed by atoms with van der Waals surface area (Å²) in [5.74, 6) is -3.60. The van der Waals surface area contributed by atoms with Crippen molar-refractivity contribution in [3.8, 4) is 0 Å². The Morgan fingerprint density at radius 3 is 2.44 bits per heavy atom. The number of aromatic amines is 1. The number of hydrogen-bond donors (Lipinski definition) is 2. The predicted molar refractivity (Wildman–Crippen MR) is 120 cm³/mol. The Kier molecular flexibility index (Phi) is 6.80. The van der Waals surface area contributed by atoms with Crippen molar-refractivity contribution in [3.05, 3.63) is 59.2 Å². The average molecular weight is 500 g/mol. The highest BCUT2D eigenvalue weighted by Gasteiger charge is 2.43. The lowest BCUT2D eigenvalue weighted by Gasteiger charge is -2.32. The molecule has 0 radical (unpaired) electrons. The third-order valence-electron chi connectivity index (χ3n) is 5.90. The molecule has 3 rings (SSSR count). The second-order valence-corrected chi connectivity index (χ2v) is 11.1. The number of primary amides is 1. The van der Waals surface area contributed by atoms with Crippen LogP contribution in [0.2, 0.25) is 0 Å². The second-order valence-electron chi connectivity index (χ2n) is 8.89. The number of nitrogens with one attached hydrogen (secondary N) is 1. The Balaban J connectivity index is 1.95. The van der Waals surface area contributed by atoms with E-state index in [2.05, 4.69) is 9.97 Å². The molecule has 11 heteroatoms. The molecule has 0 saturated heterocycles. The van der Waals surface area contributed by atoms with Crippen molar-refractivity contribution in [1.29, 1.82) is 0 Å². The number of nitrogens with two attached hydrogens (primary N) is 1. The summed E-state index contributed by atoms with van der Waals surface area (Å²) in [5, 5.41) is 0.295. The van der Waals surface area contributed by atoms with E-state index >= 15 is 0 Å². The Morgan fingerprint density at radius 2 is 1.85 bits per heavy atom. The number of carbonyl (C=O) groups is 1. The Hall–Kier alpha value is -2.95. The molecule has 184 valence electrons. The maximum atomic E-state index is 14.0. The van der Waals surface area contributed by atoms with Gasteiger partial charge in [-0.25, -0.2) is 17.8 Å². The molecule has 6 nitrogen and oxygen atoms in total. The standard InChI is InChI=1S/C23H25F4N3O3S/c1-4-34(32,33)20-8-13-7-16(30-19(13)12-29-20)9-14(23(25,26)27)11-22(2,3)18-6-5-15(24)10-17(18)21(28)31/h5-8,10,12,14,30H,4,9,11H2,1-3H3,(H2,28,31)/t14-/m0/s1. The van der Waals surface area contributed by atoms with Crippen LogP contribution in [0.25, 0.3) is 10.9 Å².